The van der Waals surface area contributed by atoms with E-state index in [0.29, 0.717) is 5.56 Å². The molecule has 1 rings (SSSR count). The van der Waals surface area contributed by atoms with E-state index < -0.39 is 5.97 Å². The maximum atomic E-state index is 10.2. The van der Waals surface area contributed by atoms with Crippen LogP contribution in [-0.4, -0.2) is 62.5 Å². The molecule has 3 heteroatoms. The molecule has 0 aliphatic rings. The van der Waals surface area contributed by atoms with Gasteiger partial charge < -0.3 is 5.11 Å². The van der Waals surface area contributed by atoms with E-state index in [1.807, 2.05) is 0 Å². The number of aromatic carboxylic acids is 1. The van der Waals surface area contributed by atoms with Gasteiger partial charge in [-0.15, -0.1) is 0 Å². The van der Waals surface area contributed by atoms with Crippen LogP contribution in [0, 0.1) is 0 Å². The molecule has 0 spiro atoms. The van der Waals surface area contributed by atoms with Gasteiger partial charge >= 0.3 is 57.4 Å². The van der Waals surface area contributed by atoms with Crippen molar-refractivity contribution in [1.82, 2.24) is 0 Å². The summed E-state index contributed by atoms with van der Waals surface area (Å²) in [5.41, 5.74) is 0.331. The summed E-state index contributed by atoms with van der Waals surface area (Å²) in [5, 5.41) is 8.38. The van der Waals surface area contributed by atoms with Crippen molar-refractivity contribution in [2.45, 2.75) is 0 Å². The van der Waals surface area contributed by atoms with E-state index in [0.717, 1.165) is 0 Å². The molecular formula is C7H7KO2. The molecule has 0 aromatic heterocycles. The van der Waals surface area contributed by atoms with Crippen molar-refractivity contribution in [2.75, 3.05) is 0 Å². The first kappa shape index (κ1) is 10.3. The third-order valence-corrected chi connectivity index (χ3v) is 1.02. The Morgan fingerprint density at radius 3 is 2.00 bits per heavy atom. The van der Waals surface area contributed by atoms with Gasteiger partial charge in [0.15, 0.2) is 0 Å². The Kier molecular flexibility index (Phi) is 5.20. The number of hydrogen-bond acceptors (Lipinski definition) is 1. The minimum atomic E-state index is -0.879. The molecule has 2 nitrogen and oxygen atoms in total. The Labute approximate surface area is 102 Å². The molecule has 0 fully saturated rings. The van der Waals surface area contributed by atoms with E-state index in [9.17, 15) is 4.79 Å². The summed E-state index contributed by atoms with van der Waals surface area (Å²) in [6, 6.07) is 8.30. The van der Waals surface area contributed by atoms with Crippen LogP contribution in [0.4, 0.5) is 0 Å². The van der Waals surface area contributed by atoms with Crippen LogP contribution in [0.2, 0.25) is 0 Å². The second-order valence-corrected chi connectivity index (χ2v) is 1.67. The zero-order valence-corrected chi connectivity index (χ0v) is 4.74. The molecule has 0 saturated carbocycles. The summed E-state index contributed by atoms with van der Waals surface area (Å²) in [6.45, 7) is 0. The second kappa shape index (κ2) is 5.04. The van der Waals surface area contributed by atoms with Gasteiger partial charge in [-0.1, -0.05) is 18.2 Å². The van der Waals surface area contributed by atoms with Crippen molar-refractivity contribution < 1.29 is 9.90 Å². The van der Waals surface area contributed by atoms with Crippen LogP contribution in [0.1, 0.15) is 10.4 Å². The zero-order valence-electron chi connectivity index (χ0n) is 4.74. The summed E-state index contributed by atoms with van der Waals surface area (Å²) in [5.74, 6) is -0.879. The fraction of sp³-hybridized carbons (Fsp3) is 0. The zero-order chi connectivity index (χ0) is 6.69. The molecule has 0 radical (unpaired) electrons. The van der Waals surface area contributed by atoms with E-state index >= 15 is 0 Å². The Hall–Kier alpha value is 0.326. The van der Waals surface area contributed by atoms with Crippen molar-refractivity contribution in [3.63, 3.8) is 0 Å². The van der Waals surface area contributed by atoms with Gasteiger partial charge in [-0.05, 0) is 12.1 Å². The van der Waals surface area contributed by atoms with Crippen LogP contribution in [-0.2, 0) is 0 Å². The van der Waals surface area contributed by atoms with E-state index in [4.69, 9.17) is 5.11 Å². The SMILES string of the molecule is O=C(O)c1ccccc1.[KH]. The molecule has 0 aliphatic heterocycles. The Bertz CT molecular complexity index is 208. The van der Waals surface area contributed by atoms with E-state index in [2.05, 4.69) is 0 Å². The molecule has 1 aromatic carbocycles. The molecule has 0 bridgehead atoms. The predicted octanol–water partition coefficient (Wildman–Crippen LogP) is 0.736. The van der Waals surface area contributed by atoms with Crippen molar-refractivity contribution in [3.05, 3.63) is 35.9 Å². The first-order chi connectivity index (χ1) is 4.30. The van der Waals surface area contributed by atoms with Crippen LogP contribution in [0.25, 0.3) is 0 Å². The quantitative estimate of drug-likeness (QED) is 0.618. The van der Waals surface area contributed by atoms with Gasteiger partial charge in [0, 0.05) is 0 Å². The number of rotatable bonds is 1. The third kappa shape index (κ3) is 2.94. The van der Waals surface area contributed by atoms with Crippen LogP contribution in [0.15, 0.2) is 30.3 Å². The number of carboxylic acid groups (broad SMARTS) is 1. The first-order valence-electron chi connectivity index (χ1n) is 2.59. The molecule has 1 N–H and O–H groups in total. The average Bonchev–Trinajstić information content (AvgIpc) is 1.90. The van der Waals surface area contributed by atoms with Crippen molar-refractivity contribution >= 4 is 57.4 Å². The summed E-state index contributed by atoms with van der Waals surface area (Å²) >= 11 is 0. The van der Waals surface area contributed by atoms with Gasteiger partial charge in [-0.25, -0.2) is 4.79 Å². The fourth-order valence-electron chi connectivity index (χ4n) is 0.581. The molecular weight excluding hydrogens is 155 g/mol. The average molecular weight is 162 g/mol. The van der Waals surface area contributed by atoms with Crippen molar-refractivity contribution in [2.24, 2.45) is 0 Å². The van der Waals surface area contributed by atoms with Gasteiger partial charge in [-0.2, -0.15) is 0 Å². The molecule has 1 aromatic rings. The van der Waals surface area contributed by atoms with E-state index in [-0.39, 0.29) is 51.4 Å². The molecule has 0 unspecified atom stereocenters. The number of carbonyl (C=O) groups is 1. The Morgan fingerprint density at radius 2 is 1.70 bits per heavy atom. The molecule has 0 amide bonds. The summed E-state index contributed by atoms with van der Waals surface area (Å²) in [4.78, 5) is 10.2. The van der Waals surface area contributed by atoms with Crippen molar-refractivity contribution in [1.29, 1.82) is 0 Å². The number of hydrogen-bond donors (Lipinski definition) is 1. The normalized spacial score (nSPS) is 8.00. The van der Waals surface area contributed by atoms with Gasteiger partial charge in [0.25, 0.3) is 0 Å². The summed E-state index contributed by atoms with van der Waals surface area (Å²) in [7, 11) is 0. The van der Waals surface area contributed by atoms with Gasteiger partial charge in [-0.3, -0.25) is 0 Å². The third-order valence-electron chi connectivity index (χ3n) is 1.02. The van der Waals surface area contributed by atoms with E-state index in [1.165, 1.54) is 0 Å². The molecule has 0 saturated heterocycles. The number of benzene rings is 1. The monoisotopic (exact) mass is 162 g/mol. The van der Waals surface area contributed by atoms with Crippen LogP contribution in [0.5, 0.6) is 0 Å². The minimum absolute atomic E-state index is 0. The standard InChI is InChI=1S/C7H6O2.K.H/c8-7(9)6-4-2-1-3-5-6;;/h1-5H,(H,8,9);;. The first-order valence-corrected chi connectivity index (χ1v) is 2.59. The Balaban J connectivity index is 0.000000810. The van der Waals surface area contributed by atoms with E-state index in [1.54, 1.807) is 30.3 Å². The maximum absolute atomic E-state index is 10.2. The predicted molar refractivity (Wildman–Crippen MR) is 40.6 cm³/mol. The molecule has 0 atom stereocenters. The van der Waals surface area contributed by atoms with Crippen LogP contribution in [0.3, 0.4) is 0 Å². The second-order valence-electron chi connectivity index (χ2n) is 1.67. The van der Waals surface area contributed by atoms with Crippen LogP contribution < -0.4 is 0 Å². The molecule has 10 heavy (non-hydrogen) atoms. The van der Waals surface area contributed by atoms with Gasteiger partial charge in [0.2, 0.25) is 0 Å². The number of carboxylic acids is 1. The Morgan fingerprint density at radius 1 is 1.20 bits per heavy atom. The van der Waals surface area contributed by atoms with Gasteiger partial charge in [0.1, 0.15) is 0 Å². The molecule has 0 aliphatic carbocycles. The molecule has 48 valence electrons. The summed E-state index contributed by atoms with van der Waals surface area (Å²) < 4.78 is 0. The van der Waals surface area contributed by atoms with Crippen molar-refractivity contribution in [3.8, 4) is 0 Å². The fourth-order valence-corrected chi connectivity index (χ4v) is 0.581. The van der Waals surface area contributed by atoms with Gasteiger partial charge in [0.05, 0.1) is 5.56 Å². The molecule has 0 heterocycles. The van der Waals surface area contributed by atoms with Crippen LogP contribution >= 0.6 is 0 Å². The summed E-state index contributed by atoms with van der Waals surface area (Å²) in [6.07, 6.45) is 0. The topological polar surface area (TPSA) is 37.3 Å².